The lowest BCUT2D eigenvalue weighted by Crippen LogP contribution is -2.30. The number of guanidine groups is 1. The Morgan fingerprint density at radius 1 is 1.07 bits per heavy atom. The van der Waals surface area contributed by atoms with Gasteiger partial charge in [-0.15, -0.1) is 0 Å². The van der Waals surface area contributed by atoms with Gasteiger partial charge in [-0.2, -0.15) is 13.2 Å². The standard InChI is InChI=1S/C21H26F3N3O3/c1-4-30-18-9-8-17(11-19(18)28-3)27-20(25-2)26-12-15-6-5-7-16(10-15)13-29-14-21(22,23)24/h5-11H,4,12-14H2,1-3H3,(H2,25,26,27). The lowest BCUT2D eigenvalue weighted by atomic mass is 10.1. The Balaban J connectivity index is 1.93. The number of hydrogen-bond donors (Lipinski definition) is 2. The molecule has 164 valence electrons. The molecule has 0 aliphatic carbocycles. The average molecular weight is 425 g/mol. The first-order chi connectivity index (χ1) is 14.3. The summed E-state index contributed by atoms with van der Waals surface area (Å²) in [7, 11) is 3.21. The van der Waals surface area contributed by atoms with Crippen molar-refractivity contribution in [1.82, 2.24) is 5.32 Å². The van der Waals surface area contributed by atoms with Crippen LogP contribution in [0, 0.1) is 0 Å². The molecule has 2 N–H and O–H groups in total. The largest absolute Gasteiger partial charge is 0.493 e. The fourth-order valence-corrected chi connectivity index (χ4v) is 2.64. The van der Waals surface area contributed by atoms with E-state index in [4.69, 9.17) is 14.2 Å². The molecule has 0 atom stereocenters. The van der Waals surface area contributed by atoms with Gasteiger partial charge in [0, 0.05) is 25.3 Å². The van der Waals surface area contributed by atoms with E-state index in [9.17, 15) is 13.2 Å². The number of hydrogen-bond acceptors (Lipinski definition) is 4. The summed E-state index contributed by atoms with van der Waals surface area (Å²) in [5.41, 5.74) is 2.31. The van der Waals surface area contributed by atoms with Crippen molar-refractivity contribution in [3.8, 4) is 11.5 Å². The van der Waals surface area contributed by atoms with E-state index in [1.807, 2.05) is 25.1 Å². The number of aliphatic imine (C=N–C) groups is 1. The van der Waals surface area contributed by atoms with E-state index in [0.717, 1.165) is 11.3 Å². The van der Waals surface area contributed by atoms with Crippen LogP contribution >= 0.6 is 0 Å². The first-order valence-corrected chi connectivity index (χ1v) is 9.35. The molecule has 2 aromatic rings. The zero-order valence-corrected chi connectivity index (χ0v) is 17.2. The second kappa shape index (κ2) is 11.3. The molecular formula is C21H26F3N3O3. The first kappa shape index (κ1) is 23.3. The Morgan fingerprint density at radius 2 is 1.83 bits per heavy atom. The highest BCUT2D eigenvalue weighted by atomic mass is 19.4. The van der Waals surface area contributed by atoms with Gasteiger partial charge in [-0.05, 0) is 30.2 Å². The highest BCUT2D eigenvalue weighted by Crippen LogP contribution is 2.30. The number of methoxy groups -OCH3 is 1. The predicted molar refractivity (Wildman–Crippen MR) is 110 cm³/mol. The summed E-state index contributed by atoms with van der Waals surface area (Å²) in [5, 5.41) is 6.33. The summed E-state index contributed by atoms with van der Waals surface area (Å²) in [6.45, 7) is 1.49. The van der Waals surface area contributed by atoms with Gasteiger partial charge < -0.3 is 24.8 Å². The third kappa shape index (κ3) is 7.82. The van der Waals surface area contributed by atoms with E-state index in [-0.39, 0.29) is 6.61 Å². The number of nitrogens with one attached hydrogen (secondary N) is 2. The second-order valence-corrected chi connectivity index (χ2v) is 6.28. The molecule has 0 saturated heterocycles. The van der Waals surface area contributed by atoms with Gasteiger partial charge in [-0.25, -0.2) is 0 Å². The molecule has 2 rings (SSSR count). The summed E-state index contributed by atoms with van der Waals surface area (Å²) in [4.78, 5) is 4.18. The first-order valence-electron chi connectivity index (χ1n) is 9.35. The maximum Gasteiger partial charge on any atom is 0.411 e. The van der Waals surface area contributed by atoms with Gasteiger partial charge in [-0.1, -0.05) is 24.3 Å². The number of alkyl halides is 3. The van der Waals surface area contributed by atoms with Crippen molar-refractivity contribution in [3.05, 3.63) is 53.6 Å². The van der Waals surface area contributed by atoms with Crippen molar-refractivity contribution >= 4 is 11.6 Å². The smallest absolute Gasteiger partial charge is 0.411 e. The normalized spacial score (nSPS) is 11.9. The zero-order chi connectivity index (χ0) is 22.0. The molecule has 2 aromatic carbocycles. The van der Waals surface area contributed by atoms with E-state index in [1.54, 1.807) is 38.4 Å². The summed E-state index contributed by atoms with van der Waals surface area (Å²) in [5.74, 6) is 1.78. The van der Waals surface area contributed by atoms with Crippen LogP contribution in [0.15, 0.2) is 47.5 Å². The number of halogens is 3. The van der Waals surface area contributed by atoms with E-state index in [1.165, 1.54) is 0 Å². The summed E-state index contributed by atoms with van der Waals surface area (Å²) < 4.78 is 52.2. The SMILES string of the molecule is CCOc1ccc(NC(=NC)NCc2cccc(COCC(F)(F)F)c2)cc1OC. The minimum Gasteiger partial charge on any atom is -0.493 e. The molecule has 0 amide bonds. The predicted octanol–water partition coefficient (Wildman–Crippen LogP) is 4.36. The molecule has 30 heavy (non-hydrogen) atoms. The van der Waals surface area contributed by atoms with E-state index >= 15 is 0 Å². The topological polar surface area (TPSA) is 64.1 Å². The van der Waals surface area contributed by atoms with E-state index in [2.05, 4.69) is 15.6 Å². The van der Waals surface area contributed by atoms with Crippen LogP contribution in [-0.2, 0) is 17.9 Å². The molecule has 0 aliphatic rings. The van der Waals surface area contributed by atoms with Crippen molar-refractivity contribution in [2.24, 2.45) is 4.99 Å². The molecule has 9 heteroatoms. The molecule has 0 unspecified atom stereocenters. The number of nitrogens with zero attached hydrogens (tertiary/aromatic N) is 1. The van der Waals surface area contributed by atoms with Gasteiger partial charge in [0.05, 0.1) is 20.3 Å². The minimum atomic E-state index is -4.33. The van der Waals surface area contributed by atoms with Crippen LogP contribution in [0.5, 0.6) is 11.5 Å². The minimum absolute atomic E-state index is 0.105. The number of rotatable bonds is 9. The van der Waals surface area contributed by atoms with Crippen LogP contribution in [0.4, 0.5) is 18.9 Å². The van der Waals surface area contributed by atoms with Crippen molar-refractivity contribution in [2.75, 3.05) is 32.7 Å². The number of ether oxygens (including phenoxy) is 3. The van der Waals surface area contributed by atoms with Crippen LogP contribution in [0.25, 0.3) is 0 Å². The van der Waals surface area contributed by atoms with Crippen molar-refractivity contribution in [2.45, 2.75) is 26.3 Å². The molecule has 0 radical (unpaired) electrons. The zero-order valence-electron chi connectivity index (χ0n) is 17.2. The maximum absolute atomic E-state index is 12.2. The van der Waals surface area contributed by atoms with Crippen molar-refractivity contribution in [3.63, 3.8) is 0 Å². The lowest BCUT2D eigenvalue weighted by Gasteiger charge is -2.15. The van der Waals surface area contributed by atoms with Crippen LogP contribution in [0.1, 0.15) is 18.1 Å². The van der Waals surface area contributed by atoms with Gasteiger partial charge >= 0.3 is 6.18 Å². The third-order valence-electron chi connectivity index (χ3n) is 3.94. The molecule has 0 saturated carbocycles. The van der Waals surface area contributed by atoms with Crippen molar-refractivity contribution in [1.29, 1.82) is 0 Å². The Labute approximate surface area is 174 Å². The number of benzene rings is 2. The van der Waals surface area contributed by atoms with Gasteiger partial charge in [0.25, 0.3) is 0 Å². The molecule has 0 heterocycles. The molecule has 0 aromatic heterocycles. The highest BCUT2D eigenvalue weighted by Gasteiger charge is 2.27. The summed E-state index contributed by atoms with van der Waals surface area (Å²) in [6, 6.07) is 12.6. The van der Waals surface area contributed by atoms with Gasteiger partial charge in [0.1, 0.15) is 6.61 Å². The molecule has 0 spiro atoms. The monoisotopic (exact) mass is 425 g/mol. The van der Waals surface area contributed by atoms with Gasteiger partial charge in [-0.3, -0.25) is 4.99 Å². The van der Waals surface area contributed by atoms with E-state index < -0.39 is 12.8 Å². The van der Waals surface area contributed by atoms with Crippen LogP contribution in [0.3, 0.4) is 0 Å². The summed E-state index contributed by atoms with van der Waals surface area (Å²) >= 11 is 0. The highest BCUT2D eigenvalue weighted by molar-refractivity contribution is 5.93. The van der Waals surface area contributed by atoms with Gasteiger partial charge in [0.2, 0.25) is 0 Å². The molecule has 6 nitrogen and oxygen atoms in total. The Kier molecular flexibility index (Phi) is 8.79. The quantitative estimate of drug-likeness (QED) is 0.462. The fraction of sp³-hybridized carbons (Fsp3) is 0.381. The van der Waals surface area contributed by atoms with Crippen LogP contribution in [-0.4, -0.2) is 39.5 Å². The summed E-state index contributed by atoms with van der Waals surface area (Å²) in [6.07, 6.45) is -4.33. The Bertz CT molecular complexity index is 842. The molecule has 0 aliphatic heterocycles. The second-order valence-electron chi connectivity index (χ2n) is 6.28. The molecule has 0 fully saturated rings. The Morgan fingerprint density at radius 3 is 2.50 bits per heavy atom. The number of anilines is 1. The third-order valence-corrected chi connectivity index (χ3v) is 3.94. The fourth-order valence-electron chi connectivity index (χ4n) is 2.64. The lowest BCUT2D eigenvalue weighted by molar-refractivity contribution is -0.176. The van der Waals surface area contributed by atoms with Crippen molar-refractivity contribution < 1.29 is 27.4 Å². The van der Waals surface area contributed by atoms with Gasteiger partial charge in [0.15, 0.2) is 17.5 Å². The van der Waals surface area contributed by atoms with Crippen LogP contribution < -0.4 is 20.1 Å². The van der Waals surface area contributed by atoms with E-state index in [0.29, 0.717) is 36.2 Å². The molecule has 0 bridgehead atoms. The van der Waals surface area contributed by atoms with Crippen LogP contribution in [0.2, 0.25) is 0 Å². The average Bonchev–Trinajstić information content (AvgIpc) is 2.71. The maximum atomic E-state index is 12.2. The molecular weight excluding hydrogens is 399 g/mol. The Hall–Kier alpha value is -2.94.